The second-order valence-corrected chi connectivity index (χ2v) is 8.30. The molecule has 4 rings (SSSR count). The van der Waals surface area contributed by atoms with Crippen LogP contribution in [0.1, 0.15) is 68.2 Å². The smallest absolute Gasteiger partial charge is 0.256 e. The van der Waals surface area contributed by atoms with Crippen molar-refractivity contribution in [3.8, 4) is 0 Å². The number of likely N-dealkylation sites (N-methyl/N-ethyl adjacent to an activating group) is 1. The van der Waals surface area contributed by atoms with E-state index in [1.165, 1.54) is 11.3 Å². The topological polar surface area (TPSA) is 63.1 Å². The van der Waals surface area contributed by atoms with Crippen LogP contribution >= 0.6 is 0 Å². The summed E-state index contributed by atoms with van der Waals surface area (Å²) in [6, 6.07) is 8.28. The van der Waals surface area contributed by atoms with E-state index in [1.54, 1.807) is 6.20 Å². The van der Waals surface area contributed by atoms with Crippen LogP contribution in [0.15, 0.2) is 30.5 Å². The van der Waals surface area contributed by atoms with Gasteiger partial charge in [0.15, 0.2) is 5.65 Å². The lowest BCUT2D eigenvalue weighted by atomic mass is 10.0. The third-order valence-corrected chi connectivity index (χ3v) is 5.63. The molecule has 0 aliphatic carbocycles. The van der Waals surface area contributed by atoms with Crippen molar-refractivity contribution in [2.24, 2.45) is 0 Å². The molecule has 29 heavy (non-hydrogen) atoms. The molecule has 0 saturated carbocycles. The minimum absolute atomic E-state index is 0.122. The van der Waals surface area contributed by atoms with Crippen LogP contribution in [0.3, 0.4) is 0 Å². The number of hydrogen-bond acceptors (Lipinski definition) is 4. The summed E-state index contributed by atoms with van der Waals surface area (Å²) in [5.74, 6) is 0.100. The summed E-state index contributed by atoms with van der Waals surface area (Å²) in [6.45, 7) is 12.5. The summed E-state index contributed by atoms with van der Waals surface area (Å²) in [5, 5.41) is 8.37. The van der Waals surface area contributed by atoms with E-state index in [-0.39, 0.29) is 17.9 Å². The van der Waals surface area contributed by atoms with E-state index in [4.69, 9.17) is 4.98 Å². The number of fused-ring (bicyclic) bond motifs is 2. The van der Waals surface area contributed by atoms with Gasteiger partial charge in [-0.15, -0.1) is 0 Å². The third kappa shape index (κ3) is 3.48. The maximum atomic E-state index is 13.2. The van der Waals surface area contributed by atoms with E-state index in [2.05, 4.69) is 62.1 Å². The van der Waals surface area contributed by atoms with E-state index in [1.807, 2.05) is 16.8 Å². The highest BCUT2D eigenvalue weighted by Crippen LogP contribution is 2.31. The third-order valence-electron chi connectivity index (χ3n) is 5.63. The van der Waals surface area contributed by atoms with Crippen LogP contribution in [0.4, 0.5) is 11.4 Å². The zero-order valence-corrected chi connectivity index (χ0v) is 17.9. The lowest BCUT2D eigenvalue weighted by Gasteiger charge is -2.17. The molecule has 0 fully saturated rings. The largest absolute Gasteiger partial charge is 0.371 e. The number of benzene rings is 1. The van der Waals surface area contributed by atoms with Gasteiger partial charge in [0.05, 0.1) is 17.1 Å². The molecular weight excluding hydrogens is 362 g/mol. The number of carbonyl (C=O) groups excluding carboxylic acids is 1. The molecule has 6 heteroatoms. The number of nitrogens with one attached hydrogen (secondary N) is 1. The molecular formula is C23H29N5O. The number of amides is 1. The average molecular weight is 392 g/mol. The number of carbonyl (C=O) groups is 1. The van der Waals surface area contributed by atoms with E-state index in [9.17, 15) is 4.79 Å². The molecule has 0 spiro atoms. The first-order valence-corrected chi connectivity index (χ1v) is 10.5. The number of hydrogen-bond donors (Lipinski definition) is 1. The fraction of sp³-hybridized carbons (Fsp3) is 0.435. The highest BCUT2D eigenvalue weighted by Gasteiger charge is 2.21. The van der Waals surface area contributed by atoms with Gasteiger partial charge in [0.25, 0.3) is 5.91 Å². The van der Waals surface area contributed by atoms with Crippen LogP contribution in [0.2, 0.25) is 0 Å². The summed E-state index contributed by atoms with van der Waals surface area (Å²) in [4.78, 5) is 20.4. The second-order valence-electron chi connectivity index (χ2n) is 8.30. The van der Waals surface area contributed by atoms with Gasteiger partial charge in [0.2, 0.25) is 0 Å². The maximum Gasteiger partial charge on any atom is 0.256 e. The quantitative estimate of drug-likeness (QED) is 0.680. The van der Waals surface area contributed by atoms with Crippen molar-refractivity contribution in [2.75, 3.05) is 23.3 Å². The van der Waals surface area contributed by atoms with Crippen molar-refractivity contribution in [1.29, 1.82) is 0 Å². The lowest BCUT2D eigenvalue weighted by Crippen LogP contribution is -2.19. The molecule has 1 aromatic carbocycles. The van der Waals surface area contributed by atoms with Gasteiger partial charge < -0.3 is 10.2 Å². The molecule has 1 aliphatic heterocycles. The first kappa shape index (κ1) is 19.4. The number of nitrogens with zero attached hydrogens (tertiary/aromatic N) is 4. The average Bonchev–Trinajstić information content (AvgIpc) is 3.30. The Bertz CT molecular complexity index is 1070. The Kier molecular flexibility index (Phi) is 5.03. The molecule has 1 amide bonds. The minimum atomic E-state index is -0.122. The monoisotopic (exact) mass is 391 g/mol. The first-order chi connectivity index (χ1) is 13.9. The molecule has 1 aliphatic rings. The zero-order valence-electron chi connectivity index (χ0n) is 17.9. The molecule has 6 nitrogen and oxygen atoms in total. The molecule has 2 aromatic heterocycles. The molecule has 0 saturated heterocycles. The van der Waals surface area contributed by atoms with Crippen molar-refractivity contribution in [1.82, 2.24) is 14.8 Å². The predicted molar refractivity (Wildman–Crippen MR) is 118 cm³/mol. The van der Waals surface area contributed by atoms with Gasteiger partial charge >= 0.3 is 0 Å². The summed E-state index contributed by atoms with van der Waals surface area (Å²) < 4.78 is 1.88. The SMILES string of the molecule is CCN1CCc2ccc(NC(=O)c3cc(C(C)C)nc4c3cnn4C(C)C)cc21. The van der Waals surface area contributed by atoms with Gasteiger partial charge in [-0.3, -0.25) is 4.79 Å². The summed E-state index contributed by atoms with van der Waals surface area (Å²) in [7, 11) is 0. The Balaban J connectivity index is 1.72. The van der Waals surface area contributed by atoms with Crippen LogP contribution in [-0.2, 0) is 6.42 Å². The molecule has 3 aromatic rings. The Morgan fingerprint density at radius 1 is 1.21 bits per heavy atom. The van der Waals surface area contributed by atoms with Crippen molar-refractivity contribution >= 4 is 28.3 Å². The minimum Gasteiger partial charge on any atom is -0.371 e. The summed E-state index contributed by atoms with van der Waals surface area (Å²) >= 11 is 0. The summed E-state index contributed by atoms with van der Waals surface area (Å²) in [6.07, 6.45) is 2.82. The lowest BCUT2D eigenvalue weighted by molar-refractivity contribution is 0.102. The van der Waals surface area contributed by atoms with Crippen LogP contribution in [-0.4, -0.2) is 33.8 Å². The number of aromatic nitrogens is 3. The van der Waals surface area contributed by atoms with E-state index >= 15 is 0 Å². The zero-order chi connectivity index (χ0) is 20.7. The Morgan fingerprint density at radius 3 is 2.69 bits per heavy atom. The highest BCUT2D eigenvalue weighted by atomic mass is 16.1. The van der Waals surface area contributed by atoms with Gasteiger partial charge in [0.1, 0.15) is 0 Å². The highest BCUT2D eigenvalue weighted by molar-refractivity contribution is 6.12. The first-order valence-electron chi connectivity index (χ1n) is 10.5. The Hall–Kier alpha value is -2.89. The molecule has 152 valence electrons. The second kappa shape index (κ2) is 7.50. The van der Waals surface area contributed by atoms with Crippen molar-refractivity contribution < 1.29 is 4.79 Å². The summed E-state index contributed by atoms with van der Waals surface area (Å²) in [5.41, 5.74) is 5.68. The van der Waals surface area contributed by atoms with E-state index in [0.29, 0.717) is 5.56 Å². The molecule has 1 N–H and O–H groups in total. The van der Waals surface area contributed by atoms with Gasteiger partial charge in [0, 0.05) is 36.2 Å². The predicted octanol–water partition coefficient (Wildman–Crippen LogP) is 4.77. The maximum absolute atomic E-state index is 13.2. The fourth-order valence-corrected chi connectivity index (χ4v) is 3.95. The molecule has 0 bridgehead atoms. The van der Waals surface area contributed by atoms with Gasteiger partial charge in [-0.05, 0) is 56.9 Å². The normalized spacial score (nSPS) is 13.6. The molecule has 3 heterocycles. The number of anilines is 2. The standard InChI is InChI=1S/C23H29N5O/c1-6-27-10-9-16-7-8-17(11-21(16)27)25-23(29)18-12-20(14(2)3)26-22-19(18)13-24-28(22)15(4)5/h7-8,11-15H,6,9-10H2,1-5H3,(H,25,29). The van der Waals surface area contributed by atoms with Gasteiger partial charge in [-0.25, -0.2) is 9.67 Å². The van der Waals surface area contributed by atoms with E-state index < -0.39 is 0 Å². The van der Waals surface area contributed by atoms with Gasteiger partial charge in [-0.2, -0.15) is 5.10 Å². The van der Waals surface area contributed by atoms with Crippen LogP contribution in [0, 0.1) is 0 Å². The molecule has 0 unspecified atom stereocenters. The molecule has 0 atom stereocenters. The molecule has 0 radical (unpaired) electrons. The Morgan fingerprint density at radius 2 is 2.00 bits per heavy atom. The van der Waals surface area contributed by atoms with E-state index in [0.717, 1.165) is 41.9 Å². The van der Waals surface area contributed by atoms with Gasteiger partial charge in [-0.1, -0.05) is 19.9 Å². The van der Waals surface area contributed by atoms with Crippen LogP contribution in [0.25, 0.3) is 11.0 Å². The Labute approximate surface area is 171 Å². The number of rotatable bonds is 5. The fourth-order valence-electron chi connectivity index (χ4n) is 3.95. The van der Waals surface area contributed by atoms with Crippen molar-refractivity contribution in [2.45, 2.75) is 53.0 Å². The van der Waals surface area contributed by atoms with Crippen LogP contribution in [0.5, 0.6) is 0 Å². The van der Waals surface area contributed by atoms with Crippen molar-refractivity contribution in [3.05, 3.63) is 47.3 Å². The van der Waals surface area contributed by atoms with Crippen LogP contribution < -0.4 is 10.2 Å². The number of pyridine rings is 1. The van der Waals surface area contributed by atoms with Crippen molar-refractivity contribution in [3.63, 3.8) is 0 Å².